The van der Waals surface area contributed by atoms with Crippen molar-refractivity contribution in [3.05, 3.63) is 93.8 Å². The molecule has 0 radical (unpaired) electrons. The second kappa shape index (κ2) is 11.1. The van der Waals surface area contributed by atoms with Gasteiger partial charge < -0.3 is 14.8 Å². The standard InChI is InChI=1S/C28H30ClFN2O3/c1-4-24(31-28(33)20-10-6-7-11-22(20)29)27-21-16-26(35-3)25(34-2)15-18(21)13-14-32(27)17-19-9-5-8-12-23(19)30/h5-12,15-16,24,27H,4,13-14,17H2,1-3H3,(H,31,33). The highest BCUT2D eigenvalue weighted by molar-refractivity contribution is 6.33. The molecular formula is C28H30ClFN2O3. The van der Waals surface area contributed by atoms with Crippen LogP contribution in [-0.4, -0.2) is 37.6 Å². The SMILES string of the molecule is CCC(NC(=O)c1ccccc1Cl)C1c2cc(OC)c(OC)cc2CCN1Cc1ccccc1F. The predicted molar refractivity (Wildman–Crippen MR) is 136 cm³/mol. The number of rotatable bonds is 8. The molecule has 1 aliphatic rings. The Kier molecular flexibility index (Phi) is 7.93. The van der Waals surface area contributed by atoms with Gasteiger partial charge in [-0.05, 0) is 54.3 Å². The zero-order valence-corrected chi connectivity index (χ0v) is 20.9. The number of nitrogens with one attached hydrogen (secondary N) is 1. The van der Waals surface area contributed by atoms with Crippen molar-refractivity contribution in [3.63, 3.8) is 0 Å². The van der Waals surface area contributed by atoms with E-state index >= 15 is 0 Å². The van der Waals surface area contributed by atoms with Gasteiger partial charge in [0, 0.05) is 24.7 Å². The van der Waals surface area contributed by atoms with Crippen molar-refractivity contribution in [1.82, 2.24) is 10.2 Å². The number of nitrogens with zero attached hydrogens (tertiary/aromatic N) is 1. The molecule has 2 unspecified atom stereocenters. The van der Waals surface area contributed by atoms with E-state index in [-0.39, 0.29) is 23.8 Å². The second-order valence-electron chi connectivity index (χ2n) is 8.63. The average Bonchev–Trinajstić information content (AvgIpc) is 2.88. The summed E-state index contributed by atoms with van der Waals surface area (Å²) in [5.74, 6) is 0.815. The van der Waals surface area contributed by atoms with E-state index < -0.39 is 0 Å². The molecule has 0 bridgehead atoms. The van der Waals surface area contributed by atoms with Crippen LogP contribution in [0, 0.1) is 5.82 Å². The van der Waals surface area contributed by atoms with Gasteiger partial charge in [-0.1, -0.05) is 48.9 Å². The number of hydrogen-bond acceptors (Lipinski definition) is 4. The van der Waals surface area contributed by atoms with E-state index in [0.29, 0.717) is 47.2 Å². The highest BCUT2D eigenvalue weighted by Crippen LogP contribution is 2.41. The van der Waals surface area contributed by atoms with Crippen LogP contribution in [0.3, 0.4) is 0 Å². The van der Waals surface area contributed by atoms with E-state index in [0.717, 1.165) is 17.5 Å². The smallest absolute Gasteiger partial charge is 0.253 e. The van der Waals surface area contributed by atoms with Gasteiger partial charge in [-0.25, -0.2) is 4.39 Å². The van der Waals surface area contributed by atoms with Crippen molar-refractivity contribution in [3.8, 4) is 11.5 Å². The van der Waals surface area contributed by atoms with Crippen LogP contribution in [0.4, 0.5) is 4.39 Å². The van der Waals surface area contributed by atoms with Gasteiger partial charge in [0.1, 0.15) is 5.82 Å². The third-order valence-corrected chi connectivity index (χ3v) is 6.94. The number of carbonyl (C=O) groups excluding carboxylic acids is 1. The minimum Gasteiger partial charge on any atom is -0.493 e. The number of carbonyl (C=O) groups is 1. The first-order valence-corrected chi connectivity index (χ1v) is 12.1. The van der Waals surface area contributed by atoms with Gasteiger partial charge in [0.25, 0.3) is 5.91 Å². The Morgan fingerprint density at radius 3 is 2.49 bits per heavy atom. The molecule has 1 amide bonds. The van der Waals surface area contributed by atoms with Crippen LogP contribution >= 0.6 is 11.6 Å². The first-order chi connectivity index (χ1) is 17.0. The lowest BCUT2D eigenvalue weighted by Crippen LogP contribution is -2.48. The van der Waals surface area contributed by atoms with Crippen molar-refractivity contribution >= 4 is 17.5 Å². The summed E-state index contributed by atoms with van der Waals surface area (Å²) in [4.78, 5) is 15.4. The third-order valence-electron chi connectivity index (χ3n) is 6.61. The Morgan fingerprint density at radius 2 is 1.80 bits per heavy atom. The maximum absolute atomic E-state index is 14.6. The van der Waals surface area contributed by atoms with E-state index in [2.05, 4.69) is 10.2 Å². The number of fused-ring (bicyclic) bond motifs is 1. The van der Waals surface area contributed by atoms with Gasteiger partial charge in [0.15, 0.2) is 11.5 Å². The Hall–Kier alpha value is -3.09. The second-order valence-corrected chi connectivity index (χ2v) is 9.04. The molecule has 0 aromatic heterocycles. The molecular weight excluding hydrogens is 467 g/mol. The Balaban J connectivity index is 1.74. The van der Waals surface area contributed by atoms with Crippen molar-refractivity contribution < 1.29 is 18.7 Å². The van der Waals surface area contributed by atoms with E-state index in [1.165, 1.54) is 6.07 Å². The topological polar surface area (TPSA) is 50.8 Å². The van der Waals surface area contributed by atoms with E-state index in [1.807, 2.05) is 25.1 Å². The zero-order chi connectivity index (χ0) is 24.9. The van der Waals surface area contributed by atoms with Crippen LogP contribution in [0.1, 0.15) is 46.4 Å². The van der Waals surface area contributed by atoms with Crippen molar-refractivity contribution in [2.24, 2.45) is 0 Å². The molecule has 1 N–H and O–H groups in total. The minimum absolute atomic E-state index is 0.199. The summed E-state index contributed by atoms with van der Waals surface area (Å²) in [6.07, 6.45) is 1.44. The lowest BCUT2D eigenvalue weighted by molar-refractivity contribution is 0.0857. The van der Waals surface area contributed by atoms with E-state index in [4.69, 9.17) is 21.1 Å². The normalized spacial score (nSPS) is 16.3. The molecule has 2 atom stereocenters. The molecule has 0 fully saturated rings. The van der Waals surface area contributed by atoms with Gasteiger partial charge >= 0.3 is 0 Å². The molecule has 0 aliphatic carbocycles. The molecule has 7 heteroatoms. The fourth-order valence-electron chi connectivity index (χ4n) is 4.82. The maximum Gasteiger partial charge on any atom is 0.253 e. The van der Waals surface area contributed by atoms with Crippen LogP contribution in [0.25, 0.3) is 0 Å². The van der Waals surface area contributed by atoms with Gasteiger partial charge in [0.05, 0.1) is 30.8 Å². The summed E-state index contributed by atoms with van der Waals surface area (Å²) >= 11 is 6.30. The number of halogens is 2. The van der Waals surface area contributed by atoms with Crippen molar-refractivity contribution in [1.29, 1.82) is 0 Å². The number of benzene rings is 3. The molecule has 3 aromatic carbocycles. The number of ether oxygens (including phenoxy) is 2. The molecule has 184 valence electrons. The van der Waals surface area contributed by atoms with Crippen LogP contribution in [0.15, 0.2) is 60.7 Å². The predicted octanol–water partition coefficient (Wildman–Crippen LogP) is 5.80. The Labute approximate surface area is 210 Å². The summed E-state index contributed by atoms with van der Waals surface area (Å²) in [5.41, 5.74) is 3.21. The lowest BCUT2D eigenvalue weighted by Gasteiger charge is -2.42. The molecule has 1 heterocycles. The van der Waals surface area contributed by atoms with E-state index in [1.54, 1.807) is 50.6 Å². The number of methoxy groups -OCH3 is 2. The van der Waals surface area contributed by atoms with Crippen molar-refractivity contribution in [2.45, 2.75) is 38.4 Å². The fraction of sp³-hybridized carbons (Fsp3) is 0.321. The molecule has 4 rings (SSSR count). The Bertz CT molecular complexity index is 1200. The van der Waals surface area contributed by atoms with Gasteiger partial charge in [-0.15, -0.1) is 0 Å². The Morgan fingerprint density at radius 1 is 1.11 bits per heavy atom. The highest BCUT2D eigenvalue weighted by Gasteiger charge is 2.35. The first-order valence-electron chi connectivity index (χ1n) is 11.7. The average molecular weight is 497 g/mol. The zero-order valence-electron chi connectivity index (χ0n) is 20.2. The van der Waals surface area contributed by atoms with Crippen LogP contribution < -0.4 is 14.8 Å². The van der Waals surface area contributed by atoms with Gasteiger partial charge in [-0.2, -0.15) is 0 Å². The molecule has 1 aliphatic heterocycles. The molecule has 0 spiro atoms. The first kappa shape index (κ1) is 25.0. The van der Waals surface area contributed by atoms with Gasteiger partial charge in [-0.3, -0.25) is 9.69 Å². The lowest BCUT2D eigenvalue weighted by atomic mass is 9.86. The summed E-state index contributed by atoms with van der Waals surface area (Å²) in [6.45, 7) is 3.16. The number of amides is 1. The molecule has 35 heavy (non-hydrogen) atoms. The minimum atomic E-state index is -0.248. The van der Waals surface area contributed by atoms with Crippen molar-refractivity contribution in [2.75, 3.05) is 20.8 Å². The quantitative estimate of drug-likeness (QED) is 0.428. The van der Waals surface area contributed by atoms with E-state index in [9.17, 15) is 9.18 Å². The molecule has 0 saturated heterocycles. The summed E-state index contributed by atoms with van der Waals surface area (Å²) in [6, 6.07) is 17.4. The number of hydrogen-bond donors (Lipinski definition) is 1. The highest BCUT2D eigenvalue weighted by atomic mass is 35.5. The van der Waals surface area contributed by atoms with Crippen LogP contribution in [-0.2, 0) is 13.0 Å². The monoisotopic (exact) mass is 496 g/mol. The summed E-state index contributed by atoms with van der Waals surface area (Å²) < 4.78 is 25.7. The van der Waals surface area contributed by atoms with Crippen LogP contribution in [0.2, 0.25) is 5.02 Å². The van der Waals surface area contributed by atoms with Gasteiger partial charge in [0.2, 0.25) is 0 Å². The molecule has 0 saturated carbocycles. The van der Waals surface area contributed by atoms with Crippen LogP contribution in [0.5, 0.6) is 11.5 Å². The summed E-state index contributed by atoms with van der Waals surface area (Å²) in [5, 5.41) is 3.60. The maximum atomic E-state index is 14.6. The summed E-state index contributed by atoms with van der Waals surface area (Å²) in [7, 11) is 3.23. The molecule has 3 aromatic rings. The molecule has 5 nitrogen and oxygen atoms in total. The largest absolute Gasteiger partial charge is 0.493 e. The third kappa shape index (κ3) is 5.29. The fourth-order valence-corrected chi connectivity index (χ4v) is 5.04.